The Balaban J connectivity index is 2.62. The minimum atomic E-state index is -3.43. The smallest absolute Gasteiger partial charge is 0.211 e. The number of alkyl halides is 1. The van der Waals surface area contributed by atoms with Crippen molar-refractivity contribution in [1.82, 2.24) is 0 Å². The van der Waals surface area contributed by atoms with Gasteiger partial charge in [-0.15, -0.1) is 0 Å². The van der Waals surface area contributed by atoms with Gasteiger partial charge >= 0.3 is 0 Å². The summed E-state index contributed by atoms with van der Waals surface area (Å²) in [5.41, 5.74) is 2.45. The van der Waals surface area contributed by atoms with Crippen molar-refractivity contribution in [2.24, 2.45) is 5.14 Å². The van der Waals surface area contributed by atoms with E-state index < -0.39 is 15.3 Å². The van der Waals surface area contributed by atoms with Gasteiger partial charge in [0.1, 0.15) is 0 Å². The summed E-state index contributed by atoms with van der Waals surface area (Å²) in [5.74, 6) is 0. The van der Waals surface area contributed by atoms with Crippen molar-refractivity contribution < 1.29 is 8.42 Å². The van der Waals surface area contributed by atoms with Crippen molar-refractivity contribution in [2.75, 3.05) is 0 Å². The van der Waals surface area contributed by atoms with E-state index in [-0.39, 0.29) is 4.83 Å². The minimum Gasteiger partial charge on any atom is -0.228 e. The summed E-state index contributed by atoms with van der Waals surface area (Å²) in [6.45, 7) is 3.69. The van der Waals surface area contributed by atoms with Crippen molar-refractivity contribution in [2.45, 2.75) is 36.8 Å². The van der Waals surface area contributed by atoms with Crippen molar-refractivity contribution in [3.63, 3.8) is 0 Å². The number of halogens is 1. The van der Waals surface area contributed by atoms with Crippen LogP contribution < -0.4 is 5.14 Å². The Hall–Kier alpha value is -0.390. The van der Waals surface area contributed by atoms with E-state index in [4.69, 9.17) is 5.14 Å². The van der Waals surface area contributed by atoms with Crippen LogP contribution in [0.15, 0.2) is 24.3 Å². The Kier molecular flexibility index (Phi) is 5.16. The molecule has 1 aromatic rings. The Bertz CT molecular complexity index is 473. The largest absolute Gasteiger partial charge is 0.228 e. The van der Waals surface area contributed by atoms with Gasteiger partial charge in [-0.3, -0.25) is 0 Å². The molecule has 2 unspecified atom stereocenters. The first-order valence-electron chi connectivity index (χ1n) is 5.51. The highest BCUT2D eigenvalue weighted by molar-refractivity contribution is 9.09. The highest BCUT2D eigenvalue weighted by Crippen LogP contribution is 2.19. The average Bonchev–Trinajstić information content (AvgIpc) is 2.20. The van der Waals surface area contributed by atoms with Gasteiger partial charge in [-0.25, -0.2) is 13.6 Å². The summed E-state index contributed by atoms with van der Waals surface area (Å²) in [6, 6.07) is 8.10. The lowest BCUT2D eigenvalue weighted by atomic mass is 10.0. The Morgan fingerprint density at radius 3 is 2.47 bits per heavy atom. The van der Waals surface area contributed by atoms with E-state index in [2.05, 4.69) is 35.0 Å². The first kappa shape index (κ1) is 14.7. The van der Waals surface area contributed by atoms with Gasteiger partial charge in [0.2, 0.25) is 10.0 Å². The molecule has 1 rings (SSSR count). The van der Waals surface area contributed by atoms with Crippen LogP contribution in [-0.4, -0.2) is 18.5 Å². The van der Waals surface area contributed by atoms with Gasteiger partial charge in [0.15, 0.2) is 0 Å². The number of rotatable bonds is 5. The molecule has 0 bridgehead atoms. The van der Waals surface area contributed by atoms with E-state index in [9.17, 15) is 8.42 Å². The zero-order chi connectivity index (χ0) is 13.1. The topological polar surface area (TPSA) is 60.2 Å². The minimum absolute atomic E-state index is 0.122. The number of hydrogen-bond acceptors (Lipinski definition) is 2. The summed E-state index contributed by atoms with van der Waals surface area (Å²) in [4.78, 5) is 0.122. The maximum Gasteiger partial charge on any atom is 0.211 e. The van der Waals surface area contributed by atoms with Crippen LogP contribution >= 0.6 is 15.9 Å². The number of sulfonamides is 1. The van der Waals surface area contributed by atoms with Crippen LogP contribution in [0.1, 0.15) is 24.5 Å². The second-order valence-electron chi connectivity index (χ2n) is 4.36. The molecule has 96 valence electrons. The lowest BCUT2D eigenvalue weighted by molar-refractivity contribution is 0.576. The fourth-order valence-electron chi connectivity index (χ4n) is 1.66. The van der Waals surface area contributed by atoms with Gasteiger partial charge in [-0.05, 0) is 37.8 Å². The zero-order valence-corrected chi connectivity index (χ0v) is 12.5. The van der Waals surface area contributed by atoms with Gasteiger partial charge in [0.05, 0.1) is 5.25 Å². The molecule has 1 aromatic carbocycles. The number of benzene rings is 1. The first-order valence-corrected chi connectivity index (χ1v) is 8.03. The van der Waals surface area contributed by atoms with Crippen LogP contribution in [0, 0.1) is 6.92 Å². The van der Waals surface area contributed by atoms with Crippen molar-refractivity contribution in [3.8, 4) is 0 Å². The highest BCUT2D eigenvalue weighted by atomic mass is 79.9. The SMILES string of the molecule is Cc1ccccc1CC(Br)CC(C)S(N)(=O)=O. The molecule has 0 heterocycles. The lowest BCUT2D eigenvalue weighted by Crippen LogP contribution is -2.28. The molecule has 0 aliphatic carbocycles. The third-order valence-corrected chi connectivity index (χ3v) is 4.86. The molecule has 0 aliphatic heterocycles. The molecular formula is C12H18BrNO2S. The van der Waals surface area contributed by atoms with Crippen LogP contribution in [0.2, 0.25) is 0 Å². The summed E-state index contributed by atoms with van der Waals surface area (Å²) in [6.07, 6.45) is 1.33. The fourth-order valence-corrected chi connectivity index (χ4v) is 3.31. The molecule has 2 atom stereocenters. The summed E-state index contributed by atoms with van der Waals surface area (Å²) < 4.78 is 22.3. The Morgan fingerprint density at radius 1 is 1.35 bits per heavy atom. The van der Waals surface area contributed by atoms with Crippen LogP contribution in [0.4, 0.5) is 0 Å². The highest BCUT2D eigenvalue weighted by Gasteiger charge is 2.20. The second-order valence-corrected chi connectivity index (χ2v) is 7.64. The monoisotopic (exact) mass is 319 g/mol. The summed E-state index contributed by atoms with van der Waals surface area (Å²) >= 11 is 3.52. The van der Waals surface area contributed by atoms with E-state index in [0.717, 1.165) is 6.42 Å². The first-order chi connectivity index (χ1) is 7.80. The third kappa shape index (κ3) is 4.77. The average molecular weight is 320 g/mol. The standard InChI is InChI=1S/C12H18BrNO2S/c1-9-5-3-4-6-11(9)8-12(13)7-10(2)17(14,15)16/h3-6,10,12H,7-8H2,1-2H3,(H2,14,15,16). The number of aryl methyl sites for hydroxylation is 1. The quantitative estimate of drug-likeness (QED) is 0.847. The van der Waals surface area contributed by atoms with E-state index in [1.54, 1.807) is 6.92 Å². The van der Waals surface area contributed by atoms with Crippen molar-refractivity contribution >= 4 is 26.0 Å². The predicted octanol–water partition coefficient (Wildman–Crippen LogP) is 2.37. The normalized spacial score (nSPS) is 15.5. The summed E-state index contributed by atoms with van der Waals surface area (Å²) in [5, 5.41) is 4.58. The van der Waals surface area contributed by atoms with E-state index in [0.29, 0.717) is 6.42 Å². The number of primary sulfonamides is 1. The van der Waals surface area contributed by atoms with Crippen molar-refractivity contribution in [1.29, 1.82) is 0 Å². The molecular weight excluding hydrogens is 302 g/mol. The second kappa shape index (κ2) is 5.98. The lowest BCUT2D eigenvalue weighted by Gasteiger charge is -2.15. The predicted molar refractivity (Wildman–Crippen MR) is 74.8 cm³/mol. The molecule has 0 saturated heterocycles. The molecule has 0 aliphatic rings. The van der Waals surface area contributed by atoms with Crippen LogP contribution in [-0.2, 0) is 16.4 Å². The molecule has 0 saturated carbocycles. The molecule has 0 fully saturated rings. The van der Waals surface area contributed by atoms with E-state index in [1.165, 1.54) is 11.1 Å². The molecule has 0 amide bonds. The van der Waals surface area contributed by atoms with Gasteiger partial charge in [0, 0.05) is 4.83 Å². The van der Waals surface area contributed by atoms with Crippen molar-refractivity contribution in [3.05, 3.63) is 35.4 Å². The Morgan fingerprint density at radius 2 is 1.94 bits per heavy atom. The molecule has 17 heavy (non-hydrogen) atoms. The van der Waals surface area contributed by atoms with Gasteiger partial charge in [-0.2, -0.15) is 0 Å². The van der Waals surface area contributed by atoms with Crippen LogP contribution in [0.5, 0.6) is 0 Å². The van der Waals surface area contributed by atoms with Gasteiger partial charge in [-0.1, -0.05) is 40.2 Å². The van der Waals surface area contributed by atoms with Gasteiger partial charge < -0.3 is 0 Å². The van der Waals surface area contributed by atoms with Gasteiger partial charge in [0.25, 0.3) is 0 Å². The maximum atomic E-state index is 11.1. The maximum absolute atomic E-state index is 11.1. The molecule has 2 N–H and O–H groups in total. The number of hydrogen-bond donors (Lipinski definition) is 1. The Labute approximate surface area is 112 Å². The molecule has 0 aromatic heterocycles. The van der Waals surface area contributed by atoms with E-state index in [1.807, 2.05) is 12.1 Å². The third-order valence-electron chi connectivity index (χ3n) is 2.85. The van der Waals surface area contributed by atoms with Crippen LogP contribution in [0.3, 0.4) is 0 Å². The summed E-state index contributed by atoms with van der Waals surface area (Å²) in [7, 11) is -3.43. The molecule has 0 spiro atoms. The molecule has 5 heteroatoms. The van der Waals surface area contributed by atoms with E-state index >= 15 is 0 Å². The van der Waals surface area contributed by atoms with Crippen LogP contribution in [0.25, 0.3) is 0 Å². The fraction of sp³-hybridized carbons (Fsp3) is 0.500. The zero-order valence-electron chi connectivity index (χ0n) is 10.1. The number of nitrogens with two attached hydrogens (primary N) is 1. The molecule has 3 nitrogen and oxygen atoms in total. The molecule has 0 radical (unpaired) electrons.